The lowest BCUT2D eigenvalue weighted by molar-refractivity contribution is -0.160. The number of nitrogens with one attached hydrogen (secondary N) is 2. The highest BCUT2D eigenvalue weighted by molar-refractivity contribution is 6.27. The van der Waals surface area contributed by atoms with Crippen LogP contribution in [0.2, 0.25) is 0 Å². The highest BCUT2D eigenvalue weighted by Gasteiger charge is 2.39. The van der Waals surface area contributed by atoms with Crippen molar-refractivity contribution in [3.63, 3.8) is 0 Å². The molecule has 2 amide bonds. The molecule has 0 spiro atoms. The number of piperidine rings is 1. The van der Waals surface area contributed by atoms with Crippen LogP contribution in [-0.2, 0) is 19.1 Å². The third-order valence-corrected chi connectivity index (χ3v) is 1.87. The molecule has 1 heterocycles. The Morgan fingerprint density at radius 1 is 1.44 bits per heavy atom. The van der Waals surface area contributed by atoms with Crippen LogP contribution in [0.1, 0.15) is 27.2 Å². The van der Waals surface area contributed by atoms with Crippen LogP contribution >= 0.6 is 0 Å². The molecule has 0 aromatic rings. The van der Waals surface area contributed by atoms with Crippen LogP contribution in [0.4, 0.5) is 0 Å². The van der Waals surface area contributed by atoms with Crippen molar-refractivity contribution in [2.75, 3.05) is 0 Å². The fraction of sp³-hybridized carbons (Fsp3) is 0.600. The minimum absolute atomic E-state index is 0.219. The molecule has 0 bridgehead atoms. The molecular formula is C10H14N2O4. The zero-order valence-corrected chi connectivity index (χ0v) is 9.42. The monoisotopic (exact) mass is 226 g/mol. The van der Waals surface area contributed by atoms with Crippen LogP contribution in [-0.4, -0.2) is 29.1 Å². The molecule has 6 heteroatoms. The summed E-state index contributed by atoms with van der Waals surface area (Å²) in [7, 11) is 0. The second-order valence-corrected chi connectivity index (χ2v) is 4.58. The number of carbonyl (C=O) groups is 3. The molecule has 1 fully saturated rings. The summed E-state index contributed by atoms with van der Waals surface area (Å²) >= 11 is 0. The fourth-order valence-corrected chi connectivity index (χ4v) is 1.30. The Balaban J connectivity index is 2.79. The number of ether oxygens (including phenoxy) is 1. The van der Waals surface area contributed by atoms with E-state index in [9.17, 15) is 14.4 Å². The minimum Gasteiger partial charge on any atom is -0.459 e. The molecule has 0 saturated carbocycles. The van der Waals surface area contributed by atoms with Crippen LogP contribution in [0, 0.1) is 11.3 Å². The highest BCUT2D eigenvalue weighted by Crippen LogP contribution is 2.15. The number of esters is 1. The fourth-order valence-electron chi connectivity index (χ4n) is 1.30. The Hall–Kier alpha value is -1.72. The topological polar surface area (TPSA) is 96.3 Å². The van der Waals surface area contributed by atoms with E-state index in [0.29, 0.717) is 0 Å². The SMILES string of the molecule is CC(C)(C)OC(=O)C1C(=N)CC(=O)NC1=O. The molecule has 1 aliphatic heterocycles. The smallest absolute Gasteiger partial charge is 0.324 e. The van der Waals surface area contributed by atoms with Gasteiger partial charge in [0.25, 0.3) is 0 Å². The van der Waals surface area contributed by atoms with Gasteiger partial charge in [-0.3, -0.25) is 19.7 Å². The Kier molecular flexibility index (Phi) is 3.11. The molecule has 0 aromatic carbocycles. The number of amides is 2. The van der Waals surface area contributed by atoms with Gasteiger partial charge in [-0.2, -0.15) is 0 Å². The molecule has 0 aliphatic carbocycles. The first kappa shape index (κ1) is 12.4. The Morgan fingerprint density at radius 2 is 2.00 bits per heavy atom. The molecule has 88 valence electrons. The van der Waals surface area contributed by atoms with Crippen molar-refractivity contribution in [3.05, 3.63) is 0 Å². The standard InChI is InChI=1S/C10H14N2O4/c1-10(2,3)16-9(15)7-5(11)4-6(13)12-8(7)14/h7,11H,4H2,1-3H3,(H,12,13,14). The Bertz CT molecular complexity index is 348. The zero-order valence-electron chi connectivity index (χ0n) is 9.42. The number of carbonyl (C=O) groups excluding carboxylic acids is 3. The molecule has 16 heavy (non-hydrogen) atoms. The van der Waals surface area contributed by atoms with E-state index < -0.39 is 29.3 Å². The molecule has 0 radical (unpaired) electrons. The third-order valence-electron chi connectivity index (χ3n) is 1.87. The Morgan fingerprint density at radius 3 is 2.44 bits per heavy atom. The molecule has 1 rings (SSSR count). The van der Waals surface area contributed by atoms with Crippen molar-refractivity contribution in [3.8, 4) is 0 Å². The quantitative estimate of drug-likeness (QED) is 0.374. The highest BCUT2D eigenvalue weighted by atomic mass is 16.6. The van der Waals surface area contributed by atoms with Gasteiger partial charge in [-0.25, -0.2) is 0 Å². The van der Waals surface area contributed by atoms with E-state index in [1.165, 1.54) is 0 Å². The first-order chi connectivity index (χ1) is 7.20. The predicted molar refractivity (Wildman–Crippen MR) is 54.8 cm³/mol. The van der Waals surface area contributed by atoms with Gasteiger partial charge in [0.2, 0.25) is 11.8 Å². The predicted octanol–water partition coefficient (Wildman–Crippen LogP) is 0.0106. The van der Waals surface area contributed by atoms with E-state index >= 15 is 0 Å². The van der Waals surface area contributed by atoms with Gasteiger partial charge in [-0.05, 0) is 20.8 Å². The van der Waals surface area contributed by atoms with Gasteiger partial charge < -0.3 is 10.1 Å². The summed E-state index contributed by atoms with van der Waals surface area (Å²) < 4.78 is 5.00. The Labute approximate surface area is 92.9 Å². The molecule has 6 nitrogen and oxygen atoms in total. The largest absolute Gasteiger partial charge is 0.459 e. The van der Waals surface area contributed by atoms with Gasteiger partial charge in [0.1, 0.15) is 5.60 Å². The summed E-state index contributed by atoms with van der Waals surface area (Å²) in [5.41, 5.74) is -0.943. The van der Waals surface area contributed by atoms with E-state index in [1.54, 1.807) is 20.8 Å². The summed E-state index contributed by atoms with van der Waals surface area (Å²) in [6.07, 6.45) is -0.240. The van der Waals surface area contributed by atoms with E-state index in [0.717, 1.165) is 0 Å². The van der Waals surface area contributed by atoms with E-state index in [1.807, 2.05) is 5.32 Å². The van der Waals surface area contributed by atoms with E-state index in [2.05, 4.69) is 0 Å². The lowest BCUT2D eigenvalue weighted by Gasteiger charge is -2.25. The van der Waals surface area contributed by atoms with Crippen molar-refractivity contribution in [2.24, 2.45) is 5.92 Å². The van der Waals surface area contributed by atoms with Gasteiger partial charge in [-0.1, -0.05) is 0 Å². The second kappa shape index (κ2) is 4.03. The summed E-state index contributed by atoms with van der Waals surface area (Å²) in [5, 5.41) is 9.47. The molecular weight excluding hydrogens is 212 g/mol. The first-order valence-corrected chi connectivity index (χ1v) is 4.84. The first-order valence-electron chi connectivity index (χ1n) is 4.84. The minimum atomic E-state index is -1.29. The summed E-state index contributed by atoms with van der Waals surface area (Å²) in [5.74, 6) is -3.43. The van der Waals surface area contributed by atoms with Crippen LogP contribution in [0.15, 0.2) is 0 Å². The number of imide groups is 1. The van der Waals surface area contributed by atoms with Crippen molar-refractivity contribution in [1.82, 2.24) is 5.32 Å². The zero-order chi connectivity index (χ0) is 12.5. The van der Waals surface area contributed by atoms with E-state index in [4.69, 9.17) is 10.1 Å². The van der Waals surface area contributed by atoms with E-state index in [-0.39, 0.29) is 12.1 Å². The lowest BCUT2D eigenvalue weighted by Crippen LogP contribution is -2.50. The summed E-state index contributed by atoms with van der Waals surface area (Å²) in [6, 6.07) is 0. The van der Waals surface area contributed by atoms with Gasteiger partial charge in [0, 0.05) is 5.71 Å². The number of rotatable bonds is 1. The van der Waals surface area contributed by atoms with Crippen molar-refractivity contribution >= 4 is 23.5 Å². The number of hydrogen-bond acceptors (Lipinski definition) is 5. The molecule has 1 aliphatic rings. The average molecular weight is 226 g/mol. The van der Waals surface area contributed by atoms with Crippen LogP contribution in [0.25, 0.3) is 0 Å². The molecule has 1 unspecified atom stereocenters. The average Bonchev–Trinajstić information content (AvgIpc) is 1.96. The molecule has 0 aromatic heterocycles. The van der Waals surface area contributed by atoms with Crippen LogP contribution in [0.3, 0.4) is 0 Å². The van der Waals surface area contributed by atoms with Crippen molar-refractivity contribution < 1.29 is 19.1 Å². The van der Waals surface area contributed by atoms with Crippen LogP contribution in [0.5, 0.6) is 0 Å². The maximum absolute atomic E-state index is 11.6. The molecule has 1 saturated heterocycles. The van der Waals surface area contributed by atoms with Crippen molar-refractivity contribution in [1.29, 1.82) is 5.41 Å². The number of hydrogen-bond donors (Lipinski definition) is 2. The molecule has 2 N–H and O–H groups in total. The third kappa shape index (κ3) is 2.88. The van der Waals surface area contributed by atoms with Gasteiger partial charge >= 0.3 is 5.97 Å². The van der Waals surface area contributed by atoms with Gasteiger partial charge in [0.15, 0.2) is 5.92 Å². The molecule has 1 atom stereocenters. The maximum Gasteiger partial charge on any atom is 0.324 e. The van der Waals surface area contributed by atoms with Gasteiger partial charge in [0.05, 0.1) is 6.42 Å². The normalized spacial score (nSPS) is 21.7. The second-order valence-electron chi connectivity index (χ2n) is 4.58. The van der Waals surface area contributed by atoms with Crippen LogP contribution < -0.4 is 5.32 Å². The summed E-state index contributed by atoms with van der Waals surface area (Å²) in [4.78, 5) is 33.9. The summed E-state index contributed by atoms with van der Waals surface area (Å²) in [6.45, 7) is 5.00. The van der Waals surface area contributed by atoms with Crippen molar-refractivity contribution in [2.45, 2.75) is 32.8 Å². The maximum atomic E-state index is 11.6. The lowest BCUT2D eigenvalue weighted by atomic mass is 9.95. The van der Waals surface area contributed by atoms with Gasteiger partial charge in [-0.15, -0.1) is 0 Å².